The van der Waals surface area contributed by atoms with E-state index in [1.807, 2.05) is 16.8 Å². The Hall–Kier alpha value is -1.18. The van der Waals surface area contributed by atoms with Crippen molar-refractivity contribution in [1.29, 1.82) is 0 Å². The number of hydrogen-bond donors (Lipinski definition) is 1. The quantitative estimate of drug-likeness (QED) is 0.926. The van der Waals surface area contributed by atoms with Crippen molar-refractivity contribution in [2.45, 2.75) is 12.0 Å². The number of anilines is 1. The SMILES string of the molecule is COC1(CNc2nc(Br)cn3ccnc23)CCOC1. The molecule has 0 aromatic carbocycles. The molecule has 1 fully saturated rings. The lowest BCUT2D eigenvalue weighted by Crippen LogP contribution is -2.39. The number of nitrogens with one attached hydrogen (secondary N) is 1. The zero-order valence-corrected chi connectivity index (χ0v) is 12.2. The van der Waals surface area contributed by atoms with Gasteiger partial charge >= 0.3 is 0 Å². The van der Waals surface area contributed by atoms with E-state index < -0.39 is 0 Å². The van der Waals surface area contributed by atoms with Crippen LogP contribution in [0.3, 0.4) is 0 Å². The van der Waals surface area contributed by atoms with E-state index in [1.54, 1.807) is 13.3 Å². The van der Waals surface area contributed by atoms with E-state index in [1.165, 1.54) is 0 Å². The maximum atomic E-state index is 5.59. The first-order valence-electron chi connectivity index (χ1n) is 6.08. The second-order valence-corrected chi connectivity index (χ2v) is 5.43. The molecule has 2 aromatic rings. The Morgan fingerprint density at radius 3 is 3.26 bits per heavy atom. The molecule has 7 heteroatoms. The van der Waals surface area contributed by atoms with Crippen molar-refractivity contribution in [2.75, 3.05) is 32.2 Å². The second kappa shape index (κ2) is 5.07. The van der Waals surface area contributed by atoms with Crippen LogP contribution in [0.4, 0.5) is 5.82 Å². The molecule has 1 aliphatic heterocycles. The number of aromatic nitrogens is 3. The van der Waals surface area contributed by atoms with Crippen LogP contribution in [0, 0.1) is 0 Å². The van der Waals surface area contributed by atoms with Gasteiger partial charge < -0.3 is 19.2 Å². The van der Waals surface area contributed by atoms with Gasteiger partial charge in [-0.1, -0.05) is 0 Å². The van der Waals surface area contributed by atoms with Crippen LogP contribution < -0.4 is 5.32 Å². The minimum Gasteiger partial charge on any atom is -0.378 e. The summed E-state index contributed by atoms with van der Waals surface area (Å²) >= 11 is 3.40. The third-order valence-electron chi connectivity index (χ3n) is 3.42. The third kappa shape index (κ3) is 2.45. The van der Waals surface area contributed by atoms with Crippen molar-refractivity contribution in [3.63, 3.8) is 0 Å². The Bertz CT molecular complexity index is 580. The topological polar surface area (TPSA) is 60.7 Å². The van der Waals surface area contributed by atoms with Gasteiger partial charge in [-0.2, -0.15) is 0 Å². The van der Waals surface area contributed by atoms with Crippen LogP contribution in [0.15, 0.2) is 23.2 Å². The normalized spacial score (nSPS) is 23.1. The summed E-state index contributed by atoms with van der Waals surface area (Å²) in [6.07, 6.45) is 6.39. The van der Waals surface area contributed by atoms with Crippen molar-refractivity contribution >= 4 is 27.4 Å². The first-order chi connectivity index (χ1) is 9.22. The maximum Gasteiger partial charge on any atom is 0.180 e. The molecule has 1 aliphatic rings. The van der Waals surface area contributed by atoms with Gasteiger partial charge in [-0.15, -0.1) is 0 Å². The van der Waals surface area contributed by atoms with Gasteiger partial charge in [0.15, 0.2) is 11.5 Å². The Balaban J connectivity index is 1.83. The molecule has 0 spiro atoms. The lowest BCUT2D eigenvalue weighted by molar-refractivity contribution is -0.00624. The average molecular weight is 327 g/mol. The van der Waals surface area contributed by atoms with Crippen molar-refractivity contribution in [2.24, 2.45) is 0 Å². The standard InChI is InChI=1S/C12H15BrN4O2/c1-18-12(2-5-19-8-12)7-15-10-11-14-3-4-17(11)6-9(13)16-10/h3-4,6H,2,5,7-8H2,1H3,(H,15,16). The highest BCUT2D eigenvalue weighted by molar-refractivity contribution is 9.10. The molecule has 1 saturated heterocycles. The molecular formula is C12H15BrN4O2. The number of methoxy groups -OCH3 is 1. The lowest BCUT2D eigenvalue weighted by Gasteiger charge is -2.26. The highest BCUT2D eigenvalue weighted by Gasteiger charge is 2.35. The summed E-state index contributed by atoms with van der Waals surface area (Å²) in [5, 5.41) is 3.32. The van der Waals surface area contributed by atoms with E-state index in [0.29, 0.717) is 13.2 Å². The van der Waals surface area contributed by atoms with Crippen LogP contribution in [-0.4, -0.2) is 46.8 Å². The number of halogens is 1. The number of ether oxygens (including phenoxy) is 2. The predicted octanol–water partition coefficient (Wildman–Crippen LogP) is 1.71. The molecule has 0 bridgehead atoms. The molecule has 2 aromatic heterocycles. The molecule has 19 heavy (non-hydrogen) atoms. The van der Waals surface area contributed by atoms with E-state index in [9.17, 15) is 0 Å². The van der Waals surface area contributed by atoms with Crippen LogP contribution in [0.25, 0.3) is 5.65 Å². The minimum absolute atomic E-state index is 0.270. The maximum absolute atomic E-state index is 5.59. The predicted molar refractivity (Wildman–Crippen MR) is 74.4 cm³/mol. The summed E-state index contributed by atoms with van der Waals surface area (Å²) in [5.74, 6) is 0.739. The van der Waals surface area contributed by atoms with Crippen LogP contribution in [0.1, 0.15) is 6.42 Å². The lowest BCUT2D eigenvalue weighted by atomic mass is 10.0. The van der Waals surface area contributed by atoms with Gasteiger partial charge in [0.1, 0.15) is 10.2 Å². The Morgan fingerprint density at radius 1 is 1.63 bits per heavy atom. The fourth-order valence-corrected chi connectivity index (χ4v) is 2.62. The van der Waals surface area contributed by atoms with Crippen LogP contribution in [-0.2, 0) is 9.47 Å². The van der Waals surface area contributed by atoms with E-state index in [2.05, 4.69) is 31.2 Å². The number of fused-ring (bicyclic) bond motifs is 1. The molecule has 1 unspecified atom stereocenters. The van der Waals surface area contributed by atoms with Gasteiger partial charge in [0.25, 0.3) is 0 Å². The van der Waals surface area contributed by atoms with Crippen molar-refractivity contribution in [3.05, 3.63) is 23.2 Å². The highest BCUT2D eigenvalue weighted by atomic mass is 79.9. The number of rotatable bonds is 4. The van der Waals surface area contributed by atoms with E-state index in [-0.39, 0.29) is 5.60 Å². The Morgan fingerprint density at radius 2 is 2.53 bits per heavy atom. The van der Waals surface area contributed by atoms with Crippen molar-refractivity contribution < 1.29 is 9.47 Å². The first-order valence-corrected chi connectivity index (χ1v) is 6.88. The number of imidazole rings is 1. The van der Waals surface area contributed by atoms with Crippen molar-refractivity contribution in [1.82, 2.24) is 14.4 Å². The van der Waals surface area contributed by atoms with Crippen LogP contribution >= 0.6 is 15.9 Å². The zero-order valence-electron chi connectivity index (χ0n) is 10.6. The summed E-state index contributed by atoms with van der Waals surface area (Å²) in [7, 11) is 1.72. The molecule has 102 valence electrons. The third-order valence-corrected chi connectivity index (χ3v) is 3.80. The minimum atomic E-state index is -0.270. The fourth-order valence-electron chi connectivity index (χ4n) is 2.23. The summed E-state index contributed by atoms with van der Waals surface area (Å²) in [6.45, 7) is 1.99. The number of hydrogen-bond acceptors (Lipinski definition) is 5. The monoisotopic (exact) mass is 326 g/mol. The number of nitrogens with zero attached hydrogens (tertiary/aromatic N) is 3. The van der Waals surface area contributed by atoms with Crippen molar-refractivity contribution in [3.8, 4) is 0 Å². The van der Waals surface area contributed by atoms with Gasteiger partial charge in [-0.3, -0.25) is 0 Å². The Kier molecular flexibility index (Phi) is 3.42. The molecule has 1 atom stereocenters. The smallest absolute Gasteiger partial charge is 0.180 e. The first kappa shape index (κ1) is 12.8. The zero-order chi connectivity index (χ0) is 13.3. The van der Waals surface area contributed by atoms with Gasteiger partial charge in [-0.05, 0) is 15.9 Å². The van der Waals surface area contributed by atoms with E-state index >= 15 is 0 Å². The molecule has 1 N–H and O–H groups in total. The van der Waals surface area contributed by atoms with Crippen LogP contribution in [0.2, 0.25) is 0 Å². The Labute approximate surface area is 119 Å². The molecule has 0 amide bonds. The van der Waals surface area contributed by atoms with Gasteiger partial charge in [0, 0.05) is 45.3 Å². The molecule has 3 heterocycles. The summed E-state index contributed by atoms with van der Waals surface area (Å²) in [5.41, 5.74) is 0.529. The summed E-state index contributed by atoms with van der Waals surface area (Å²) in [6, 6.07) is 0. The largest absolute Gasteiger partial charge is 0.378 e. The molecule has 0 aliphatic carbocycles. The molecule has 0 saturated carbocycles. The van der Waals surface area contributed by atoms with E-state index in [4.69, 9.17) is 9.47 Å². The van der Waals surface area contributed by atoms with E-state index in [0.717, 1.165) is 29.1 Å². The fraction of sp³-hybridized carbons (Fsp3) is 0.500. The highest BCUT2D eigenvalue weighted by Crippen LogP contribution is 2.24. The molecule has 6 nitrogen and oxygen atoms in total. The summed E-state index contributed by atoms with van der Waals surface area (Å²) in [4.78, 5) is 8.72. The molecule has 3 rings (SSSR count). The van der Waals surface area contributed by atoms with Gasteiger partial charge in [0.05, 0.1) is 6.61 Å². The molecule has 0 radical (unpaired) electrons. The second-order valence-electron chi connectivity index (χ2n) is 4.61. The van der Waals surface area contributed by atoms with Crippen LogP contribution in [0.5, 0.6) is 0 Å². The molecular weight excluding hydrogens is 312 g/mol. The van der Waals surface area contributed by atoms with Gasteiger partial charge in [0.2, 0.25) is 0 Å². The summed E-state index contributed by atoms with van der Waals surface area (Å²) < 4.78 is 13.7. The van der Waals surface area contributed by atoms with Gasteiger partial charge in [-0.25, -0.2) is 9.97 Å². The average Bonchev–Trinajstić information content (AvgIpc) is 3.05.